The van der Waals surface area contributed by atoms with E-state index < -0.39 is 0 Å². The van der Waals surface area contributed by atoms with Gasteiger partial charge >= 0.3 is 0 Å². The molecule has 20 heavy (non-hydrogen) atoms. The fourth-order valence-corrected chi connectivity index (χ4v) is 1.84. The number of H-pyrrole nitrogens is 1. The van der Waals surface area contributed by atoms with E-state index in [0.29, 0.717) is 12.2 Å². The Morgan fingerprint density at radius 2 is 2.25 bits per heavy atom. The highest BCUT2D eigenvalue weighted by Gasteiger charge is 2.06. The first-order valence-electron chi connectivity index (χ1n) is 6.76. The van der Waals surface area contributed by atoms with Gasteiger partial charge in [-0.1, -0.05) is 0 Å². The minimum Gasteiger partial charge on any atom is -0.385 e. The van der Waals surface area contributed by atoms with Gasteiger partial charge in [0.2, 0.25) is 0 Å². The predicted molar refractivity (Wildman–Crippen MR) is 77.6 cm³/mol. The van der Waals surface area contributed by atoms with Gasteiger partial charge in [-0.25, -0.2) is 4.98 Å². The summed E-state index contributed by atoms with van der Waals surface area (Å²) in [5.74, 6) is 0.844. The molecule has 106 valence electrons. The van der Waals surface area contributed by atoms with Gasteiger partial charge in [0.05, 0.1) is 0 Å². The Balaban J connectivity index is 1.80. The van der Waals surface area contributed by atoms with Crippen molar-refractivity contribution in [2.75, 3.05) is 18.4 Å². The first-order valence-corrected chi connectivity index (χ1v) is 6.76. The van der Waals surface area contributed by atoms with Crippen LogP contribution in [-0.4, -0.2) is 33.9 Å². The number of anilines is 1. The van der Waals surface area contributed by atoms with Gasteiger partial charge in [0.15, 0.2) is 0 Å². The largest absolute Gasteiger partial charge is 0.385 e. The summed E-state index contributed by atoms with van der Waals surface area (Å²) in [6.07, 6.45) is 7.08. The van der Waals surface area contributed by atoms with Crippen LogP contribution in [0.3, 0.4) is 0 Å². The van der Waals surface area contributed by atoms with Crippen LogP contribution >= 0.6 is 0 Å². The molecule has 0 aromatic carbocycles. The molecular weight excluding hydrogens is 254 g/mol. The van der Waals surface area contributed by atoms with E-state index >= 15 is 0 Å². The standard InChI is InChI=1S/C14H19N5O/c1-2-15-14(20)12-10-11(5-7-17-12)16-6-3-4-13-18-8-9-19-13/h5,7-10H,2-4,6H2,1H3,(H,15,20)(H,16,17)(H,18,19). The summed E-state index contributed by atoms with van der Waals surface area (Å²) < 4.78 is 0. The number of aromatic amines is 1. The highest BCUT2D eigenvalue weighted by Crippen LogP contribution is 2.08. The minimum atomic E-state index is -0.147. The summed E-state index contributed by atoms with van der Waals surface area (Å²) in [6.45, 7) is 3.30. The molecule has 2 aromatic rings. The van der Waals surface area contributed by atoms with Crippen LogP contribution in [0.4, 0.5) is 5.69 Å². The summed E-state index contributed by atoms with van der Waals surface area (Å²) in [7, 11) is 0. The zero-order chi connectivity index (χ0) is 14.2. The van der Waals surface area contributed by atoms with Crippen LogP contribution in [0.1, 0.15) is 29.7 Å². The van der Waals surface area contributed by atoms with Crippen molar-refractivity contribution in [1.29, 1.82) is 0 Å². The van der Waals surface area contributed by atoms with Gasteiger partial charge in [0.1, 0.15) is 11.5 Å². The molecule has 0 saturated carbocycles. The monoisotopic (exact) mass is 273 g/mol. The molecule has 2 aromatic heterocycles. The minimum absolute atomic E-state index is 0.147. The van der Waals surface area contributed by atoms with Crippen LogP contribution in [-0.2, 0) is 6.42 Å². The molecule has 0 saturated heterocycles. The topological polar surface area (TPSA) is 82.7 Å². The molecule has 0 radical (unpaired) electrons. The van der Waals surface area contributed by atoms with E-state index in [2.05, 4.69) is 25.6 Å². The van der Waals surface area contributed by atoms with E-state index in [1.807, 2.05) is 19.2 Å². The molecule has 0 atom stereocenters. The van der Waals surface area contributed by atoms with Crippen LogP contribution in [0.2, 0.25) is 0 Å². The number of hydrogen-bond donors (Lipinski definition) is 3. The highest BCUT2D eigenvalue weighted by molar-refractivity contribution is 5.93. The number of hydrogen-bond acceptors (Lipinski definition) is 4. The fourth-order valence-electron chi connectivity index (χ4n) is 1.84. The van der Waals surface area contributed by atoms with Crippen LogP contribution < -0.4 is 10.6 Å². The zero-order valence-electron chi connectivity index (χ0n) is 11.5. The normalized spacial score (nSPS) is 10.2. The fraction of sp³-hybridized carbons (Fsp3) is 0.357. The third-order valence-corrected chi connectivity index (χ3v) is 2.80. The summed E-state index contributed by atoms with van der Waals surface area (Å²) in [4.78, 5) is 23.0. The first kappa shape index (κ1) is 14.0. The van der Waals surface area contributed by atoms with Crippen molar-refractivity contribution < 1.29 is 4.79 Å². The third kappa shape index (κ3) is 4.08. The maximum absolute atomic E-state index is 11.7. The number of carbonyl (C=O) groups is 1. The molecule has 2 rings (SSSR count). The molecule has 0 bridgehead atoms. The Morgan fingerprint density at radius 1 is 1.35 bits per heavy atom. The van der Waals surface area contributed by atoms with Crippen LogP contribution in [0.15, 0.2) is 30.7 Å². The van der Waals surface area contributed by atoms with Gasteiger partial charge in [-0.2, -0.15) is 0 Å². The smallest absolute Gasteiger partial charge is 0.269 e. The molecule has 0 aliphatic carbocycles. The van der Waals surface area contributed by atoms with Crippen molar-refractivity contribution in [2.24, 2.45) is 0 Å². The van der Waals surface area contributed by atoms with Gasteiger partial charge in [0.25, 0.3) is 5.91 Å². The van der Waals surface area contributed by atoms with Gasteiger partial charge < -0.3 is 15.6 Å². The lowest BCUT2D eigenvalue weighted by atomic mass is 10.2. The van der Waals surface area contributed by atoms with Gasteiger partial charge in [-0.3, -0.25) is 9.78 Å². The molecule has 0 aliphatic rings. The number of nitrogens with zero attached hydrogens (tertiary/aromatic N) is 2. The van der Waals surface area contributed by atoms with Crippen molar-refractivity contribution in [3.8, 4) is 0 Å². The predicted octanol–water partition coefficient (Wildman–Crippen LogP) is 1.60. The molecule has 6 heteroatoms. The number of aromatic nitrogens is 3. The molecule has 6 nitrogen and oxygen atoms in total. The Labute approximate surface area is 118 Å². The van der Waals surface area contributed by atoms with E-state index in [1.165, 1.54) is 0 Å². The van der Waals surface area contributed by atoms with Crippen LogP contribution in [0.5, 0.6) is 0 Å². The van der Waals surface area contributed by atoms with E-state index in [9.17, 15) is 4.79 Å². The quantitative estimate of drug-likeness (QED) is 0.669. The average molecular weight is 273 g/mol. The van der Waals surface area contributed by atoms with E-state index in [4.69, 9.17) is 0 Å². The first-order chi connectivity index (χ1) is 9.79. The summed E-state index contributed by atoms with van der Waals surface area (Å²) >= 11 is 0. The Bertz CT molecular complexity index is 538. The second kappa shape index (κ2) is 7.28. The molecular formula is C14H19N5O. The number of aryl methyl sites for hydroxylation is 1. The molecule has 1 amide bonds. The van der Waals surface area contributed by atoms with Crippen molar-refractivity contribution >= 4 is 11.6 Å². The SMILES string of the molecule is CCNC(=O)c1cc(NCCCc2ncc[nH]2)ccn1. The van der Waals surface area contributed by atoms with Gasteiger partial charge in [-0.05, 0) is 25.5 Å². The molecule has 0 unspecified atom stereocenters. The second-order valence-corrected chi connectivity index (χ2v) is 4.36. The van der Waals surface area contributed by atoms with E-state index in [-0.39, 0.29) is 5.91 Å². The third-order valence-electron chi connectivity index (χ3n) is 2.80. The lowest BCUT2D eigenvalue weighted by Gasteiger charge is -2.07. The van der Waals surface area contributed by atoms with Crippen molar-refractivity contribution in [2.45, 2.75) is 19.8 Å². The van der Waals surface area contributed by atoms with Crippen LogP contribution in [0, 0.1) is 0 Å². The van der Waals surface area contributed by atoms with E-state index in [1.54, 1.807) is 18.5 Å². The van der Waals surface area contributed by atoms with Crippen LogP contribution in [0.25, 0.3) is 0 Å². The molecule has 0 aliphatic heterocycles. The number of nitrogens with one attached hydrogen (secondary N) is 3. The van der Waals surface area contributed by atoms with Crippen molar-refractivity contribution in [1.82, 2.24) is 20.3 Å². The second-order valence-electron chi connectivity index (χ2n) is 4.36. The average Bonchev–Trinajstić information content (AvgIpc) is 2.97. The Hall–Kier alpha value is -2.37. The van der Waals surface area contributed by atoms with E-state index in [0.717, 1.165) is 30.9 Å². The maximum Gasteiger partial charge on any atom is 0.269 e. The molecule has 2 heterocycles. The number of rotatable bonds is 7. The van der Waals surface area contributed by atoms with Crippen molar-refractivity contribution in [3.05, 3.63) is 42.2 Å². The summed E-state index contributed by atoms with van der Waals surface area (Å²) in [5.41, 5.74) is 1.34. The highest BCUT2D eigenvalue weighted by atomic mass is 16.1. The maximum atomic E-state index is 11.7. The number of pyridine rings is 1. The number of imidazole rings is 1. The van der Waals surface area contributed by atoms with Gasteiger partial charge in [0, 0.05) is 43.8 Å². The molecule has 0 fully saturated rings. The number of carbonyl (C=O) groups excluding carboxylic acids is 1. The molecule has 3 N–H and O–H groups in total. The van der Waals surface area contributed by atoms with Gasteiger partial charge in [-0.15, -0.1) is 0 Å². The zero-order valence-corrected chi connectivity index (χ0v) is 11.5. The summed E-state index contributed by atoms with van der Waals surface area (Å²) in [5, 5.41) is 6.02. The Kier molecular flexibility index (Phi) is 5.11. The van der Waals surface area contributed by atoms with Crippen molar-refractivity contribution in [3.63, 3.8) is 0 Å². The lowest BCUT2D eigenvalue weighted by molar-refractivity contribution is 0.0951. The Morgan fingerprint density at radius 3 is 3.00 bits per heavy atom. The molecule has 0 spiro atoms. The summed E-state index contributed by atoms with van der Waals surface area (Å²) in [6, 6.07) is 3.62. The number of amides is 1. The lowest BCUT2D eigenvalue weighted by Crippen LogP contribution is -2.23.